The van der Waals surface area contributed by atoms with Gasteiger partial charge in [-0.05, 0) is 29.3 Å². The first-order valence-corrected chi connectivity index (χ1v) is 11.7. The van der Waals surface area contributed by atoms with Crippen molar-refractivity contribution in [2.24, 2.45) is 0 Å². The standard InChI is InChI=1S/C26H26F2N2O2S/c1-29-26(32)24(15-19-7-3-2-4-8-19)30(16-21-9-5-6-10-23(21)28)25(31)18-33-17-20-11-13-22(27)14-12-20/h2-14,24H,15-18H2,1H3,(H,29,32). The molecule has 0 aromatic heterocycles. The maximum Gasteiger partial charge on any atom is 0.242 e. The van der Waals surface area contributed by atoms with Crippen LogP contribution in [0.2, 0.25) is 0 Å². The average Bonchev–Trinajstić information content (AvgIpc) is 2.83. The third kappa shape index (κ3) is 7.15. The van der Waals surface area contributed by atoms with Crippen LogP contribution in [0.3, 0.4) is 0 Å². The molecule has 1 unspecified atom stereocenters. The Morgan fingerprint density at radius 2 is 1.58 bits per heavy atom. The summed E-state index contributed by atoms with van der Waals surface area (Å²) in [5, 5.41) is 2.64. The highest BCUT2D eigenvalue weighted by Crippen LogP contribution is 2.19. The molecule has 4 nitrogen and oxygen atoms in total. The summed E-state index contributed by atoms with van der Waals surface area (Å²) in [6.45, 7) is -0.0203. The molecular formula is C26H26F2N2O2S. The lowest BCUT2D eigenvalue weighted by molar-refractivity contribution is -0.139. The molecule has 7 heteroatoms. The van der Waals surface area contributed by atoms with Crippen LogP contribution in [0, 0.1) is 11.6 Å². The molecule has 0 aliphatic carbocycles. The summed E-state index contributed by atoms with van der Waals surface area (Å²) in [6.07, 6.45) is 0.309. The fourth-order valence-electron chi connectivity index (χ4n) is 3.45. The van der Waals surface area contributed by atoms with E-state index in [9.17, 15) is 18.4 Å². The molecule has 0 saturated carbocycles. The third-order valence-electron chi connectivity index (χ3n) is 5.22. The number of rotatable bonds is 10. The Bertz CT molecular complexity index is 1060. The molecule has 3 aromatic carbocycles. The summed E-state index contributed by atoms with van der Waals surface area (Å²) in [5.41, 5.74) is 2.13. The van der Waals surface area contributed by atoms with Gasteiger partial charge in [0, 0.05) is 31.3 Å². The van der Waals surface area contributed by atoms with E-state index in [1.165, 1.54) is 41.9 Å². The second-order valence-electron chi connectivity index (χ2n) is 7.55. The van der Waals surface area contributed by atoms with Crippen LogP contribution in [-0.4, -0.2) is 35.6 Å². The number of hydrogen-bond donors (Lipinski definition) is 1. The second-order valence-corrected chi connectivity index (χ2v) is 8.54. The van der Waals surface area contributed by atoms with Gasteiger partial charge in [0.05, 0.1) is 5.75 Å². The number of nitrogens with one attached hydrogen (secondary N) is 1. The molecule has 172 valence electrons. The first-order valence-electron chi connectivity index (χ1n) is 10.6. The Morgan fingerprint density at radius 1 is 0.909 bits per heavy atom. The molecule has 33 heavy (non-hydrogen) atoms. The van der Waals surface area contributed by atoms with Crippen LogP contribution in [0.25, 0.3) is 0 Å². The summed E-state index contributed by atoms with van der Waals surface area (Å²) >= 11 is 1.37. The summed E-state index contributed by atoms with van der Waals surface area (Å²) in [5.74, 6) is -0.700. The molecule has 3 aromatic rings. The molecule has 0 fully saturated rings. The number of benzene rings is 3. The number of amides is 2. The molecule has 3 rings (SSSR count). The van der Waals surface area contributed by atoms with E-state index in [2.05, 4.69) is 5.32 Å². The molecule has 2 amide bonds. The van der Waals surface area contributed by atoms with Crippen LogP contribution in [-0.2, 0) is 28.3 Å². The lowest BCUT2D eigenvalue weighted by Crippen LogP contribution is -2.50. The van der Waals surface area contributed by atoms with Crippen LogP contribution < -0.4 is 5.32 Å². The highest BCUT2D eigenvalue weighted by Gasteiger charge is 2.30. The number of halogens is 2. The number of thioether (sulfide) groups is 1. The number of nitrogens with zero attached hydrogens (tertiary/aromatic N) is 1. The molecule has 0 spiro atoms. The summed E-state index contributed by atoms with van der Waals surface area (Å²) in [6, 6.07) is 21.0. The number of likely N-dealkylation sites (N-methyl/N-ethyl adjacent to an activating group) is 1. The smallest absolute Gasteiger partial charge is 0.242 e. The molecule has 0 aliphatic rings. The normalized spacial score (nSPS) is 11.6. The molecule has 0 saturated heterocycles. The van der Waals surface area contributed by atoms with Gasteiger partial charge in [0.25, 0.3) is 0 Å². The zero-order chi connectivity index (χ0) is 23.6. The van der Waals surface area contributed by atoms with E-state index in [1.54, 1.807) is 30.3 Å². The molecule has 0 heterocycles. The first kappa shape index (κ1) is 24.5. The van der Waals surface area contributed by atoms with Crippen molar-refractivity contribution in [2.75, 3.05) is 12.8 Å². The fourth-order valence-corrected chi connectivity index (χ4v) is 4.32. The van der Waals surface area contributed by atoms with Crippen molar-refractivity contribution in [3.05, 3.63) is 107 Å². The Balaban J connectivity index is 1.81. The van der Waals surface area contributed by atoms with Crippen molar-refractivity contribution in [1.82, 2.24) is 10.2 Å². The van der Waals surface area contributed by atoms with Gasteiger partial charge in [0.15, 0.2) is 0 Å². The molecule has 0 bridgehead atoms. The second kappa shape index (κ2) is 12.2. The minimum Gasteiger partial charge on any atom is -0.357 e. The third-order valence-corrected chi connectivity index (χ3v) is 6.21. The first-order chi connectivity index (χ1) is 16.0. The highest BCUT2D eigenvalue weighted by molar-refractivity contribution is 7.99. The van der Waals surface area contributed by atoms with E-state index in [-0.39, 0.29) is 29.9 Å². The van der Waals surface area contributed by atoms with Crippen molar-refractivity contribution in [3.8, 4) is 0 Å². The maximum atomic E-state index is 14.4. The van der Waals surface area contributed by atoms with E-state index < -0.39 is 11.9 Å². The lowest BCUT2D eigenvalue weighted by Gasteiger charge is -2.31. The number of carbonyl (C=O) groups is 2. The van der Waals surface area contributed by atoms with Crippen LogP contribution in [0.5, 0.6) is 0 Å². The van der Waals surface area contributed by atoms with Crippen LogP contribution in [0.4, 0.5) is 8.78 Å². The van der Waals surface area contributed by atoms with Gasteiger partial charge in [-0.3, -0.25) is 9.59 Å². The van der Waals surface area contributed by atoms with Crippen LogP contribution >= 0.6 is 11.8 Å². The highest BCUT2D eigenvalue weighted by atomic mass is 32.2. The van der Waals surface area contributed by atoms with Gasteiger partial charge in [-0.15, -0.1) is 11.8 Å². The zero-order valence-electron chi connectivity index (χ0n) is 18.3. The van der Waals surface area contributed by atoms with E-state index >= 15 is 0 Å². The van der Waals surface area contributed by atoms with Gasteiger partial charge < -0.3 is 10.2 Å². The van der Waals surface area contributed by atoms with Gasteiger partial charge in [0.1, 0.15) is 17.7 Å². The zero-order valence-corrected chi connectivity index (χ0v) is 19.2. The van der Waals surface area contributed by atoms with Gasteiger partial charge in [-0.2, -0.15) is 0 Å². The summed E-state index contributed by atoms with van der Waals surface area (Å²) in [4.78, 5) is 27.6. The van der Waals surface area contributed by atoms with Crippen molar-refractivity contribution >= 4 is 23.6 Å². The quantitative estimate of drug-likeness (QED) is 0.474. The topological polar surface area (TPSA) is 49.4 Å². The van der Waals surface area contributed by atoms with Gasteiger partial charge >= 0.3 is 0 Å². The van der Waals surface area contributed by atoms with Crippen molar-refractivity contribution in [2.45, 2.75) is 24.8 Å². The average molecular weight is 469 g/mol. The monoisotopic (exact) mass is 468 g/mol. The SMILES string of the molecule is CNC(=O)C(Cc1ccccc1)N(Cc1ccccc1F)C(=O)CSCc1ccc(F)cc1. The van der Waals surface area contributed by atoms with Crippen molar-refractivity contribution in [3.63, 3.8) is 0 Å². The minimum absolute atomic E-state index is 0.0203. The Kier molecular flexibility index (Phi) is 9.01. The van der Waals surface area contributed by atoms with Gasteiger partial charge in [0.2, 0.25) is 11.8 Å². The lowest BCUT2D eigenvalue weighted by atomic mass is 10.0. The molecular weight excluding hydrogens is 442 g/mol. The van der Waals surface area contributed by atoms with E-state index in [0.717, 1.165) is 11.1 Å². The van der Waals surface area contributed by atoms with E-state index in [1.807, 2.05) is 30.3 Å². The van der Waals surface area contributed by atoms with E-state index in [4.69, 9.17) is 0 Å². The van der Waals surface area contributed by atoms with Crippen molar-refractivity contribution < 1.29 is 18.4 Å². The van der Waals surface area contributed by atoms with Crippen LogP contribution in [0.15, 0.2) is 78.9 Å². The maximum absolute atomic E-state index is 14.4. The van der Waals surface area contributed by atoms with Crippen LogP contribution in [0.1, 0.15) is 16.7 Å². The molecule has 1 N–H and O–H groups in total. The fraction of sp³-hybridized carbons (Fsp3) is 0.231. The number of carbonyl (C=O) groups excluding carboxylic acids is 2. The Hall–Kier alpha value is -3.19. The Labute approximate surface area is 197 Å². The molecule has 0 radical (unpaired) electrons. The Morgan fingerprint density at radius 3 is 2.24 bits per heavy atom. The predicted molar refractivity (Wildman–Crippen MR) is 128 cm³/mol. The summed E-state index contributed by atoms with van der Waals surface area (Å²) < 4.78 is 27.5. The molecule has 0 aliphatic heterocycles. The minimum atomic E-state index is -0.795. The van der Waals surface area contributed by atoms with Crippen molar-refractivity contribution in [1.29, 1.82) is 0 Å². The predicted octanol–water partition coefficient (Wildman–Crippen LogP) is 4.58. The van der Waals surface area contributed by atoms with Gasteiger partial charge in [-0.1, -0.05) is 60.7 Å². The van der Waals surface area contributed by atoms with E-state index in [0.29, 0.717) is 17.7 Å². The number of hydrogen-bond acceptors (Lipinski definition) is 3. The van der Waals surface area contributed by atoms with Gasteiger partial charge in [-0.25, -0.2) is 8.78 Å². The largest absolute Gasteiger partial charge is 0.357 e. The summed E-state index contributed by atoms with van der Waals surface area (Å²) in [7, 11) is 1.52. The molecule has 1 atom stereocenters.